The first-order valence-corrected chi connectivity index (χ1v) is 11.1. The first-order valence-electron chi connectivity index (χ1n) is 10.3. The minimum atomic E-state index is -0.241. The number of anilines is 1. The quantitative estimate of drug-likeness (QED) is 0.602. The van der Waals surface area contributed by atoms with Crippen LogP contribution in [-0.2, 0) is 30.8 Å². The third-order valence-electron chi connectivity index (χ3n) is 5.58. The van der Waals surface area contributed by atoms with Gasteiger partial charge < -0.3 is 5.32 Å². The molecule has 31 heavy (non-hydrogen) atoms. The Morgan fingerprint density at radius 1 is 1.16 bits per heavy atom. The van der Waals surface area contributed by atoms with Crippen LogP contribution >= 0.6 is 15.9 Å². The molecule has 0 aliphatic carbocycles. The van der Waals surface area contributed by atoms with Crippen molar-refractivity contribution in [2.45, 2.75) is 39.9 Å². The topological polar surface area (TPSA) is 67.2 Å². The number of aromatic nitrogens is 2. The number of hydrogen-bond donors (Lipinski definition) is 1. The molecule has 2 aromatic carbocycles. The summed E-state index contributed by atoms with van der Waals surface area (Å²) in [5.41, 5.74) is 4.42. The number of carbonyl (C=O) groups is 1. The zero-order chi connectivity index (χ0) is 22.0. The average Bonchev–Trinajstić information content (AvgIpc) is 2.74. The van der Waals surface area contributed by atoms with Crippen LogP contribution in [0.15, 0.2) is 57.8 Å². The van der Waals surface area contributed by atoms with E-state index in [0.717, 1.165) is 34.4 Å². The molecule has 0 atom stereocenters. The first kappa shape index (κ1) is 21.5. The molecule has 0 unspecified atom stereocenters. The molecule has 3 aromatic rings. The molecule has 1 aliphatic heterocycles. The molecule has 0 radical (unpaired) electrons. The Morgan fingerprint density at radius 3 is 2.68 bits per heavy atom. The highest BCUT2D eigenvalue weighted by Gasteiger charge is 2.23. The monoisotopic (exact) mass is 480 g/mol. The highest BCUT2D eigenvalue weighted by molar-refractivity contribution is 9.10. The molecule has 1 aliphatic rings. The highest BCUT2D eigenvalue weighted by Crippen LogP contribution is 2.20. The normalized spacial score (nSPS) is 13.6. The summed E-state index contributed by atoms with van der Waals surface area (Å²) in [7, 11) is 0. The number of aryl methyl sites for hydroxylation is 2. The van der Waals surface area contributed by atoms with E-state index in [4.69, 9.17) is 0 Å². The molecule has 0 spiro atoms. The van der Waals surface area contributed by atoms with Gasteiger partial charge in [0.25, 0.3) is 5.56 Å². The van der Waals surface area contributed by atoms with Crippen molar-refractivity contribution in [2.75, 3.05) is 11.9 Å². The highest BCUT2D eigenvalue weighted by atomic mass is 79.9. The lowest BCUT2D eigenvalue weighted by Gasteiger charge is -2.28. The van der Waals surface area contributed by atoms with Crippen molar-refractivity contribution in [3.05, 3.63) is 91.6 Å². The molecule has 0 bridgehead atoms. The maximum absolute atomic E-state index is 13.1. The zero-order valence-electron chi connectivity index (χ0n) is 17.7. The van der Waals surface area contributed by atoms with Gasteiger partial charge in [0.05, 0.1) is 5.69 Å². The number of amides is 1. The second kappa shape index (κ2) is 9.16. The van der Waals surface area contributed by atoms with Crippen molar-refractivity contribution in [1.82, 2.24) is 14.5 Å². The number of hydrogen-bond acceptors (Lipinski definition) is 4. The fourth-order valence-electron chi connectivity index (χ4n) is 3.93. The summed E-state index contributed by atoms with van der Waals surface area (Å²) in [4.78, 5) is 32.7. The van der Waals surface area contributed by atoms with Crippen molar-refractivity contribution in [2.24, 2.45) is 0 Å². The Bertz CT molecular complexity index is 1170. The number of halogens is 1. The van der Waals surface area contributed by atoms with Crippen LogP contribution in [0.25, 0.3) is 0 Å². The summed E-state index contributed by atoms with van der Waals surface area (Å²) >= 11 is 3.46. The lowest BCUT2D eigenvalue weighted by Crippen LogP contribution is -2.39. The number of nitrogens with one attached hydrogen (secondary N) is 1. The van der Waals surface area contributed by atoms with Gasteiger partial charge in [-0.1, -0.05) is 46.3 Å². The maximum Gasteiger partial charge on any atom is 0.257 e. The van der Waals surface area contributed by atoms with E-state index in [9.17, 15) is 9.59 Å². The number of nitrogens with zero attached hydrogens (tertiary/aromatic N) is 3. The molecule has 0 saturated carbocycles. The van der Waals surface area contributed by atoms with Crippen LogP contribution in [0.1, 0.15) is 28.2 Å². The van der Waals surface area contributed by atoms with E-state index in [1.165, 1.54) is 10.1 Å². The molecule has 1 amide bonds. The Kier molecular flexibility index (Phi) is 6.34. The van der Waals surface area contributed by atoms with E-state index in [1.807, 2.05) is 43.3 Å². The Morgan fingerprint density at radius 2 is 1.94 bits per heavy atom. The Balaban J connectivity index is 1.48. The fourth-order valence-corrected chi connectivity index (χ4v) is 4.18. The van der Waals surface area contributed by atoms with Crippen LogP contribution in [0.4, 0.5) is 5.69 Å². The number of fused-ring (bicyclic) bond motifs is 1. The van der Waals surface area contributed by atoms with Crippen molar-refractivity contribution in [3.8, 4) is 0 Å². The minimum absolute atomic E-state index is 0.0478. The van der Waals surface area contributed by atoms with E-state index < -0.39 is 0 Å². The van der Waals surface area contributed by atoms with Gasteiger partial charge in [0.1, 0.15) is 12.4 Å². The van der Waals surface area contributed by atoms with Crippen LogP contribution in [-0.4, -0.2) is 26.9 Å². The van der Waals surface area contributed by atoms with Crippen LogP contribution in [0, 0.1) is 13.8 Å². The molecule has 1 aromatic heterocycles. The third kappa shape index (κ3) is 4.94. The van der Waals surface area contributed by atoms with Gasteiger partial charge in [-0.2, -0.15) is 0 Å². The van der Waals surface area contributed by atoms with Crippen molar-refractivity contribution < 1.29 is 4.79 Å². The molecule has 2 heterocycles. The van der Waals surface area contributed by atoms with Crippen LogP contribution in [0.3, 0.4) is 0 Å². The molecule has 7 heteroatoms. The summed E-state index contributed by atoms with van der Waals surface area (Å²) < 4.78 is 2.46. The molecule has 160 valence electrons. The molecule has 0 fully saturated rings. The van der Waals surface area contributed by atoms with Crippen LogP contribution in [0.5, 0.6) is 0 Å². The molecular weight excluding hydrogens is 456 g/mol. The van der Waals surface area contributed by atoms with Gasteiger partial charge in [0.2, 0.25) is 5.91 Å². The van der Waals surface area contributed by atoms with Crippen LogP contribution < -0.4 is 10.9 Å². The van der Waals surface area contributed by atoms with Crippen molar-refractivity contribution in [1.29, 1.82) is 0 Å². The van der Waals surface area contributed by atoms with E-state index in [1.54, 1.807) is 6.92 Å². The first-order chi connectivity index (χ1) is 14.9. The minimum Gasteiger partial charge on any atom is -0.325 e. The standard InChI is InChI=1S/C24H25BrN4O2/c1-16-12-19(8-9-21(16)25)27-23(30)15-29-17(2)26-22-14-28(11-10-20(22)24(29)31)13-18-6-4-3-5-7-18/h3-9,12H,10-11,13-15H2,1-2H3,(H,27,30). The summed E-state index contributed by atoms with van der Waals surface area (Å²) in [5, 5.41) is 2.87. The fraction of sp³-hybridized carbons (Fsp3) is 0.292. The Hall–Kier alpha value is -2.77. The van der Waals surface area contributed by atoms with E-state index in [2.05, 4.69) is 43.3 Å². The van der Waals surface area contributed by atoms with Crippen molar-refractivity contribution >= 4 is 27.5 Å². The Labute approximate surface area is 190 Å². The second-order valence-electron chi connectivity index (χ2n) is 7.93. The molecular formula is C24H25BrN4O2. The number of carbonyl (C=O) groups excluding carboxylic acids is 1. The van der Waals surface area contributed by atoms with Gasteiger partial charge in [-0.3, -0.25) is 19.1 Å². The van der Waals surface area contributed by atoms with E-state index in [-0.39, 0.29) is 18.0 Å². The van der Waals surface area contributed by atoms with Gasteiger partial charge in [-0.25, -0.2) is 4.98 Å². The predicted octanol–water partition coefficient (Wildman–Crippen LogP) is 3.82. The predicted molar refractivity (Wildman–Crippen MR) is 125 cm³/mol. The number of rotatable bonds is 5. The van der Waals surface area contributed by atoms with Gasteiger partial charge in [0, 0.05) is 35.4 Å². The number of benzene rings is 2. The third-order valence-corrected chi connectivity index (χ3v) is 6.47. The van der Waals surface area contributed by atoms with Gasteiger partial charge in [-0.15, -0.1) is 0 Å². The molecule has 4 rings (SSSR count). The summed E-state index contributed by atoms with van der Waals surface area (Å²) in [6, 6.07) is 15.9. The average molecular weight is 481 g/mol. The lowest BCUT2D eigenvalue weighted by molar-refractivity contribution is -0.116. The van der Waals surface area contributed by atoms with E-state index in [0.29, 0.717) is 24.5 Å². The summed E-state index contributed by atoms with van der Waals surface area (Å²) in [6.45, 7) is 5.97. The largest absolute Gasteiger partial charge is 0.325 e. The molecule has 6 nitrogen and oxygen atoms in total. The smallest absolute Gasteiger partial charge is 0.257 e. The van der Waals surface area contributed by atoms with Crippen molar-refractivity contribution in [3.63, 3.8) is 0 Å². The summed E-state index contributed by atoms with van der Waals surface area (Å²) in [6.07, 6.45) is 0.641. The van der Waals surface area contributed by atoms with Gasteiger partial charge in [-0.05, 0) is 49.6 Å². The van der Waals surface area contributed by atoms with Gasteiger partial charge >= 0.3 is 0 Å². The SMILES string of the molecule is Cc1cc(NC(=O)Cn2c(C)nc3c(c2=O)CCN(Cc2ccccc2)C3)ccc1Br. The molecule has 1 N–H and O–H groups in total. The lowest BCUT2D eigenvalue weighted by atomic mass is 10.1. The summed E-state index contributed by atoms with van der Waals surface area (Å²) in [5.74, 6) is 0.322. The molecule has 0 saturated heterocycles. The van der Waals surface area contributed by atoms with Gasteiger partial charge in [0.15, 0.2) is 0 Å². The second-order valence-corrected chi connectivity index (χ2v) is 8.79. The van der Waals surface area contributed by atoms with E-state index >= 15 is 0 Å². The zero-order valence-corrected chi connectivity index (χ0v) is 19.3. The van der Waals surface area contributed by atoms with Crippen LogP contribution in [0.2, 0.25) is 0 Å². The maximum atomic E-state index is 13.1.